The highest BCUT2D eigenvalue weighted by Gasteiger charge is 2.26. The highest BCUT2D eigenvalue weighted by atomic mass is 16.5. The van der Waals surface area contributed by atoms with Crippen LogP contribution in [0.25, 0.3) is 0 Å². The van der Waals surface area contributed by atoms with Crippen molar-refractivity contribution < 1.29 is 97.2 Å². The maximum Gasteiger partial charge on any atom is 0.326 e. The van der Waals surface area contributed by atoms with E-state index in [0.29, 0.717) is 38.6 Å². The van der Waals surface area contributed by atoms with E-state index >= 15 is 0 Å². The first-order chi connectivity index (χ1) is 38.4. The van der Waals surface area contributed by atoms with E-state index in [9.17, 15) is 68.1 Å². The van der Waals surface area contributed by atoms with Gasteiger partial charge in [-0.2, -0.15) is 0 Å². The molecule has 0 rings (SSSR count). The molecule has 25 nitrogen and oxygen atoms in total. The minimum Gasteiger partial charge on any atom is -0.481 e. The van der Waals surface area contributed by atoms with Crippen LogP contribution in [-0.2, 0) is 71.7 Å². The van der Waals surface area contributed by atoms with Gasteiger partial charge in [0.15, 0.2) is 11.6 Å². The fourth-order valence-electron chi connectivity index (χ4n) is 8.24. The average Bonchev–Trinajstić information content (AvgIpc) is 3.41. The molecule has 5 amide bonds. The number of hydrogen-bond donors (Lipinski definition) is 10. The third-order valence-corrected chi connectivity index (χ3v) is 13.0. The first kappa shape index (κ1) is 74.4. The van der Waals surface area contributed by atoms with E-state index in [4.69, 9.17) is 29.2 Å². The summed E-state index contributed by atoms with van der Waals surface area (Å²) in [5.41, 5.74) is 0. The molecule has 10 N–H and O–H groups in total. The number of hydrogen-bond acceptors (Lipinski definition) is 16. The predicted octanol–water partition coefficient (Wildman–Crippen LogP) is 3.62. The molecule has 0 aliphatic carbocycles. The van der Waals surface area contributed by atoms with Crippen LogP contribution in [0.4, 0.5) is 0 Å². The Bertz CT molecular complexity index is 1800. The standard InChI is InChI=1S/C55H95N5O20/c1-2-41(46(63)38-61)19-17-18-28-56-47(64)26-23-45(55(75)76)60-50(67)25-22-42(53(71)72)37-43(62)39-79-35-33-78-32-30-58-51(68)40-80-36-34-77-31-29-57-48(65)27-24-44(54(73)74)59-49(66)20-15-13-11-9-7-5-3-4-6-8-10-12-14-16-21-52(69)70/h41-42,44-45,61H,2-40H2,1H3,(H,56,64)(H,57,65)(H,58,68)(H,59,66)(H,60,67)(H,69,70)(H,71,72)(H,73,74)(H,75,76)/t41-,42+,44-,45-/m0/s1. The number of carboxylic acids is 4. The van der Waals surface area contributed by atoms with Crippen molar-refractivity contribution in [2.45, 2.75) is 192 Å². The highest BCUT2D eigenvalue weighted by Crippen LogP contribution is 2.16. The topological polar surface area (TPSA) is 386 Å². The molecule has 25 heteroatoms. The summed E-state index contributed by atoms with van der Waals surface area (Å²) in [5.74, 6) is -9.23. The molecule has 0 radical (unpaired) electrons. The predicted molar refractivity (Wildman–Crippen MR) is 291 cm³/mol. The molecule has 0 bridgehead atoms. The van der Waals surface area contributed by atoms with Crippen molar-refractivity contribution in [2.75, 3.05) is 79.1 Å². The van der Waals surface area contributed by atoms with Gasteiger partial charge in [-0.3, -0.25) is 43.2 Å². The van der Waals surface area contributed by atoms with Crippen molar-refractivity contribution >= 4 is 65.0 Å². The van der Waals surface area contributed by atoms with E-state index in [-0.39, 0.29) is 128 Å². The number of carboxylic acid groups (broad SMARTS) is 4. The van der Waals surface area contributed by atoms with Gasteiger partial charge in [0.25, 0.3) is 0 Å². The van der Waals surface area contributed by atoms with Crippen LogP contribution in [0.5, 0.6) is 0 Å². The fourth-order valence-corrected chi connectivity index (χ4v) is 8.24. The minimum atomic E-state index is -1.40. The van der Waals surface area contributed by atoms with Gasteiger partial charge >= 0.3 is 23.9 Å². The number of ketones is 2. The van der Waals surface area contributed by atoms with Crippen LogP contribution in [-0.4, -0.2) is 182 Å². The molecule has 80 heavy (non-hydrogen) atoms. The molecular weight excluding hydrogens is 1050 g/mol. The van der Waals surface area contributed by atoms with E-state index < -0.39 is 90.9 Å². The summed E-state index contributed by atoms with van der Waals surface area (Å²) in [5, 5.41) is 59.1. The lowest BCUT2D eigenvalue weighted by molar-refractivity contribution is -0.145. The zero-order chi connectivity index (χ0) is 59.6. The molecule has 4 atom stereocenters. The summed E-state index contributed by atoms with van der Waals surface area (Å²) in [6, 6.07) is -2.58. The van der Waals surface area contributed by atoms with Crippen LogP contribution in [0.2, 0.25) is 0 Å². The van der Waals surface area contributed by atoms with E-state index in [0.717, 1.165) is 51.4 Å². The molecule has 0 aliphatic heterocycles. The van der Waals surface area contributed by atoms with Gasteiger partial charge in [-0.05, 0) is 51.4 Å². The molecule has 0 unspecified atom stereocenters. The number of rotatable bonds is 57. The Kier molecular flexibility index (Phi) is 46.8. The van der Waals surface area contributed by atoms with Crippen LogP contribution < -0.4 is 26.6 Å². The second-order valence-electron chi connectivity index (χ2n) is 19.8. The van der Waals surface area contributed by atoms with Crippen molar-refractivity contribution in [2.24, 2.45) is 11.8 Å². The summed E-state index contributed by atoms with van der Waals surface area (Å²) >= 11 is 0. The zero-order valence-electron chi connectivity index (χ0n) is 47.2. The molecular formula is C55H95N5O20. The van der Waals surface area contributed by atoms with Crippen LogP contribution in [0, 0.1) is 11.8 Å². The molecule has 0 saturated carbocycles. The summed E-state index contributed by atoms with van der Waals surface area (Å²) in [4.78, 5) is 131. The molecule has 0 spiro atoms. The number of amides is 5. The third kappa shape index (κ3) is 45.1. The van der Waals surface area contributed by atoms with Crippen molar-refractivity contribution in [3.63, 3.8) is 0 Å². The number of aliphatic hydroxyl groups is 1. The van der Waals surface area contributed by atoms with Gasteiger partial charge in [0.1, 0.15) is 31.9 Å². The van der Waals surface area contributed by atoms with Gasteiger partial charge in [0.05, 0.1) is 45.6 Å². The van der Waals surface area contributed by atoms with E-state index in [2.05, 4.69) is 26.6 Å². The molecule has 0 aromatic heterocycles. The Morgan fingerprint density at radius 3 is 1.27 bits per heavy atom. The van der Waals surface area contributed by atoms with Gasteiger partial charge in [0, 0.05) is 64.1 Å². The number of nitrogens with one attached hydrogen (secondary N) is 5. The third-order valence-electron chi connectivity index (χ3n) is 13.0. The fraction of sp³-hybridized carbons (Fsp3) is 0.800. The first-order valence-corrected chi connectivity index (χ1v) is 28.6. The molecule has 0 saturated heterocycles. The summed E-state index contributed by atoms with van der Waals surface area (Å²) in [6.07, 6.45) is 16.0. The molecule has 0 fully saturated rings. The monoisotopic (exact) mass is 1150 g/mol. The van der Waals surface area contributed by atoms with Gasteiger partial charge in [-0.15, -0.1) is 0 Å². The maximum absolute atomic E-state index is 12.5. The first-order valence-electron chi connectivity index (χ1n) is 28.6. The van der Waals surface area contributed by atoms with E-state index in [1.54, 1.807) is 0 Å². The normalized spacial score (nSPS) is 12.6. The lowest BCUT2D eigenvalue weighted by Gasteiger charge is -2.16. The summed E-state index contributed by atoms with van der Waals surface area (Å²) in [6.45, 7) is 1.85. The minimum absolute atomic E-state index is 0.00766. The lowest BCUT2D eigenvalue weighted by Crippen LogP contribution is -2.42. The largest absolute Gasteiger partial charge is 0.481 e. The van der Waals surface area contributed by atoms with Crippen molar-refractivity contribution in [1.82, 2.24) is 26.6 Å². The van der Waals surface area contributed by atoms with Gasteiger partial charge in [-0.25, -0.2) is 9.59 Å². The van der Waals surface area contributed by atoms with Crippen LogP contribution in [0.15, 0.2) is 0 Å². The van der Waals surface area contributed by atoms with Crippen molar-refractivity contribution in [3.8, 4) is 0 Å². The van der Waals surface area contributed by atoms with Crippen LogP contribution in [0.1, 0.15) is 180 Å². The number of Topliss-reactive ketones (excluding diaryl/α,β-unsaturated/α-hetero) is 2. The lowest BCUT2D eigenvalue weighted by atomic mass is 9.95. The number of ether oxygens (including phenoxy) is 4. The second kappa shape index (κ2) is 50.3. The number of unbranched alkanes of at least 4 members (excludes halogenated alkanes) is 14. The highest BCUT2D eigenvalue weighted by molar-refractivity contribution is 5.87. The molecule has 0 heterocycles. The number of aliphatic carboxylic acids is 4. The Morgan fingerprint density at radius 1 is 0.388 bits per heavy atom. The molecule has 0 aromatic carbocycles. The van der Waals surface area contributed by atoms with E-state index in [1.807, 2.05) is 6.92 Å². The molecule has 460 valence electrons. The van der Waals surface area contributed by atoms with Crippen molar-refractivity contribution in [1.29, 1.82) is 0 Å². The molecule has 0 aliphatic rings. The quantitative estimate of drug-likeness (QED) is 0.0389. The molecule has 0 aromatic rings. The van der Waals surface area contributed by atoms with Gasteiger partial charge in [0.2, 0.25) is 29.5 Å². The maximum atomic E-state index is 12.5. The number of aliphatic hydroxyl groups excluding tert-OH is 1. The average molecular weight is 1150 g/mol. The smallest absolute Gasteiger partial charge is 0.326 e. The zero-order valence-corrected chi connectivity index (χ0v) is 47.2. The summed E-state index contributed by atoms with van der Waals surface area (Å²) < 4.78 is 21.3. The van der Waals surface area contributed by atoms with Gasteiger partial charge < -0.3 is 71.1 Å². The van der Waals surface area contributed by atoms with Gasteiger partial charge in [-0.1, -0.05) is 90.4 Å². The Morgan fingerprint density at radius 2 is 0.812 bits per heavy atom. The Labute approximate surface area is 470 Å². The summed E-state index contributed by atoms with van der Waals surface area (Å²) in [7, 11) is 0. The number of carbonyl (C=O) groups excluding carboxylic acids is 7. The Balaban J connectivity index is 3.98. The Hall–Kier alpha value is -5.63. The van der Waals surface area contributed by atoms with Crippen molar-refractivity contribution in [3.05, 3.63) is 0 Å². The second-order valence-corrected chi connectivity index (χ2v) is 19.8. The van der Waals surface area contributed by atoms with E-state index in [1.165, 1.54) is 32.1 Å². The number of carbonyl (C=O) groups is 11. The SMILES string of the molecule is CC[C@@H](CCCCNC(=O)CC[C@H](NC(=O)CC[C@H](CC(=O)COCCOCCNC(=O)COCCOCCNC(=O)CC[C@H](NC(=O)CCCCCCCCCCCCCCCCC(=O)O)C(=O)O)C(=O)O)C(=O)O)C(=O)CO. The van der Waals surface area contributed by atoms with Crippen LogP contribution >= 0.6 is 0 Å². The van der Waals surface area contributed by atoms with Crippen LogP contribution in [0.3, 0.4) is 0 Å².